The van der Waals surface area contributed by atoms with Crippen molar-refractivity contribution in [2.45, 2.75) is 19.9 Å². The predicted molar refractivity (Wildman–Crippen MR) is 86.1 cm³/mol. The lowest BCUT2D eigenvalue weighted by atomic mass is 10.2. The van der Waals surface area contributed by atoms with Crippen molar-refractivity contribution in [3.8, 4) is 0 Å². The van der Waals surface area contributed by atoms with E-state index in [4.69, 9.17) is 0 Å². The molecule has 0 saturated heterocycles. The first-order valence-corrected chi connectivity index (χ1v) is 7.89. The average molecular weight is 349 g/mol. The number of anilines is 1. The second-order valence-electron chi connectivity index (χ2n) is 4.57. The largest absolute Gasteiger partial charge is 0.374 e. The SMILES string of the molecule is Cc1csc(C(C)Nc2ccnc3cc(Br)cnc23)n1. The molecule has 0 aromatic carbocycles. The Morgan fingerprint density at radius 2 is 2.20 bits per heavy atom. The number of hydrogen-bond donors (Lipinski definition) is 1. The van der Waals surface area contributed by atoms with Crippen molar-refractivity contribution < 1.29 is 0 Å². The van der Waals surface area contributed by atoms with Crippen molar-refractivity contribution in [1.29, 1.82) is 0 Å². The van der Waals surface area contributed by atoms with Gasteiger partial charge in [0.25, 0.3) is 0 Å². The molecule has 1 atom stereocenters. The zero-order valence-electron chi connectivity index (χ0n) is 11.1. The number of halogens is 1. The molecular weight excluding hydrogens is 336 g/mol. The van der Waals surface area contributed by atoms with Gasteiger partial charge in [-0.15, -0.1) is 11.3 Å². The molecule has 0 saturated carbocycles. The maximum Gasteiger partial charge on any atom is 0.115 e. The van der Waals surface area contributed by atoms with E-state index in [0.717, 1.165) is 31.9 Å². The molecule has 20 heavy (non-hydrogen) atoms. The second-order valence-corrected chi connectivity index (χ2v) is 6.38. The van der Waals surface area contributed by atoms with E-state index in [9.17, 15) is 0 Å². The molecule has 0 bridgehead atoms. The normalized spacial score (nSPS) is 12.6. The summed E-state index contributed by atoms with van der Waals surface area (Å²) in [5.41, 5.74) is 3.77. The number of nitrogens with zero attached hydrogens (tertiary/aromatic N) is 3. The van der Waals surface area contributed by atoms with Crippen LogP contribution in [-0.2, 0) is 0 Å². The number of hydrogen-bond acceptors (Lipinski definition) is 5. The highest BCUT2D eigenvalue weighted by atomic mass is 79.9. The molecule has 0 aliphatic rings. The molecule has 0 spiro atoms. The van der Waals surface area contributed by atoms with E-state index in [2.05, 4.69) is 48.5 Å². The van der Waals surface area contributed by atoms with Gasteiger partial charge in [-0.2, -0.15) is 0 Å². The Bertz CT molecular complexity index is 756. The number of rotatable bonds is 3. The first-order chi connectivity index (χ1) is 9.63. The van der Waals surface area contributed by atoms with Crippen molar-refractivity contribution >= 4 is 44.0 Å². The molecule has 0 aliphatic heterocycles. The molecule has 3 aromatic heterocycles. The highest BCUT2D eigenvalue weighted by molar-refractivity contribution is 9.10. The summed E-state index contributed by atoms with van der Waals surface area (Å²) in [7, 11) is 0. The van der Waals surface area contributed by atoms with Crippen LogP contribution in [0.4, 0.5) is 5.69 Å². The van der Waals surface area contributed by atoms with Gasteiger partial charge in [0.1, 0.15) is 10.5 Å². The lowest BCUT2D eigenvalue weighted by Gasteiger charge is -2.14. The Kier molecular flexibility index (Phi) is 3.67. The van der Waals surface area contributed by atoms with E-state index in [1.54, 1.807) is 23.7 Å². The summed E-state index contributed by atoms with van der Waals surface area (Å²) < 4.78 is 0.929. The molecule has 3 aromatic rings. The van der Waals surface area contributed by atoms with Gasteiger partial charge >= 0.3 is 0 Å². The number of nitrogens with one attached hydrogen (secondary N) is 1. The first-order valence-electron chi connectivity index (χ1n) is 6.22. The van der Waals surface area contributed by atoms with Crippen molar-refractivity contribution in [3.63, 3.8) is 0 Å². The van der Waals surface area contributed by atoms with Gasteiger partial charge in [-0.1, -0.05) is 0 Å². The number of fused-ring (bicyclic) bond motifs is 1. The Balaban J connectivity index is 1.94. The summed E-state index contributed by atoms with van der Waals surface area (Å²) in [4.78, 5) is 13.3. The van der Waals surface area contributed by atoms with Crippen LogP contribution >= 0.6 is 27.3 Å². The molecule has 0 radical (unpaired) electrons. The van der Waals surface area contributed by atoms with Gasteiger partial charge in [0, 0.05) is 27.9 Å². The van der Waals surface area contributed by atoms with Crippen LogP contribution in [0.5, 0.6) is 0 Å². The molecule has 1 unspecified atom stereocenters. The molecule has 102 valence electrons. The van der Waals surface area contributed by atoms with E-state index in [0.29, 0.717) is 0 Å². The Hall–Kier alpha value is -1.53. The van der Waals surface area contributed by atoms with Gasteiger partial charge in [-0.25, -0.2) is 4.98 Å². The predicted octanol–water partition coefficient (Wildman–Crippen LogP) is 4.33. The molecule has 4 nitrogen and oxygen atoms in total. The summed E-state index contributed by atoms with van der Waals surface area (Å²) in [6.45, 7) is 4.11. The first kappa shape index (κ1) is 13.5. The van der Waals surface area contributed by atoms with Crippen molar-refractivity contribution in [3.05, 3.63) is 45.1 Å². The number of thiazole rings is 1. The highest BCUT2D eigenvalue weighted by Gasteiger charge is 2.11. The summed E-state index contributed by atoms with van der Waals surface area (Å²) in [5, 5.41) is 6.60. The van der Waals surface area contributed by atoms with Crippen molar-refractivity contribution in [2.75, 3.05) is 5.32 Å². The molecule has 1 N–H and O–H groups in total. The summed E-state index contributed by atoms with van der Waals surface area (Å²) in [5.74, 6) is 0. The summed E-state index contributed by atoms with van der Waals surface area (Å²) in [6, 6.07) is 4.05. The maximum atomic E-state index is 4.51. The van der Waals surface area contributed by atoms with Crippen LogP contribution in [0.25, 0.3) is 11.0 Å². The minimum Gasteiger partial charge on any atom is -0.374 e. The van der Waals surface area contributed by atoms with Gasteiger partial charge in [-0.05, 0) is 41.9 Å². The summed E-state index contributed by atoms with van der Waals surface area (Å²) >= 11 is 5.08. The molecule has 3 rings (SSSR count). The Morgan fingerprint density at radius 3 is 2.95 bits per heavy atom. The zero-order valence-corrected chi connectivity index (χ0v) is 13.5. The molecule has 0 aliphatic carbocycles. The molecule has 3 heterocycles. The van der Waals surface area contributed by atoms with E-state index >= 15 is 0 Å². The van der Waals surface area contributed by atoms with E-state index in [-0.39, 0.29) is 6.04 Å². The fraction of sp³-hybridized carbons (Fsp3) is 0.214. The van der Waals surface area contributed by atoms with E-state index < -0.39 is 0 Å². The van der Waals surface area contributed by atoms with Crippen LogP contribution in [0.15, 0.2) is 34.4 Å². The zero-order chi connectivity index (χ0) is 14.1. The molecule has 0 amide bonds. The fourth-order valence-electron chi connectivity index (χ4n) is 1.99. The van der Waals surface area contributed by atoms with Gasteiger partial charge in [0.15, 0.2) is 0 Å². The molecular formula is C14H13BrN4S. The van der Waals surface area contributed by atoms with Crippen LogP contribution in [0.3, 0.4) is 0 Å². The Morgan fingerprint density at radius 1 is 1.35 bits per heavy atom. The van der Waals surface area contributed by atoms with Gasteiger partial charge in [0.05, 0.1) is 17.2 Å². The highest BCUT2D eigenvalue weighted by Crippen LogP contribution is 2.27. The maximum absolute atomic E-state index is 4.51. The molecule has 0 fully saturated rings. The van der Waals surface area contributed by atoms with Crippen molar-refractivity contribution in [2.24, 2.45) is 0 Å². The van der Waals surface area contributed by atoms with Crippen molar-refractivity contribution in [1.82, 2.24) is 15.0 Å². The third-order valence-electron chi connectivity index (χ3n) is 2.92. The number of pyridine rings is 2. The Labute approximate surface area is 129 Å². The quantitative estimate of drug-likeness (QED) is 0.765. The number of aryl methyl sites for hydroxylation is 1. The third-order valence-corrected chi connectivity index (χ3v) is 4.50. The minimum absolute atomic E-state index is 0.143. The van der Waals surface area contributed by atoms with E-state index in [1.807, 2.05) is 19.1 Å². The van der Waals surface area contributed by atoms with Gasteiger partial charge in [-0.3, -0.25) is 9.97 Å². The number of aromatic nitrogens is 3. The fourth-order valence-corrected chi connectivity index (χ4v) is 3.11. The second kappa shape index (κ2) is 5.46. The minimum atomic E-state index is 0.143. The standard InChI is InChI=1S/C14H13BrN4S/c1-8-7-20-14(18-8)9(2)19-11-3-4-16-12-5-10(15)6-17-13(11)12/h3-7,9H,1-2H3,(H,16,19). The smallest absolute Gasteiger partial charge is 0.115 e. The third kappa shape index (κ3) is 2.66. The van der Waals surface area contributed by atoms with Crippen LogP contribution in [0.1, 0.15) is 23.7 Å². The lowest BCUT2D eigenvalue weighted by molar-refractivity contribution is 0.865. The van der Waals surface area contributed by atoms with E-state index in [1.165, 1.54) is 0 Å². The van der Waals surface area contributed by atoms with Crippen LogP contribution in [0, 0.1) is 6.92 Å². The topological polar surface area (TPSA) is 50.7 Å². The van der Waals surface area contributed by atoms with Gasteiger partial charge in [0.2, 0.25) is 0 Å². The lowest BCUT2D eigenvalue weighted by Crippen LogP contribution is -2.07. The van der Waals surface area contributed by atoms with Crippen LogP contribution in [-0.4, -0.2) is 15.0 Å². The van der Waals surface area contributed by atoms with Crippen LogP contribution < -0.4 is 5.32 Å². The summed E-state index contributed by atoms with van der Waals surface area (Å²) in [6.07, 6.45) is 3.58. The van der Waals surface area contributed by atoms with Gasteiger partial charge < -0.3 is 5.32 Å². The average Bonchev–Trinajstić information content (AvgIpc) is 2.85. The monoisotopic (exact) mass is 348 g/mol. The van der Waals surface area contributed by atoms with Crippen LogP contribution in [0.2, 0.25) is 0 Å². The molecule has 6 heteroatoms.